The average molecular weight is 261 g/mol. The van der Waals surface area contributed by atoms with Gasteiger partial charge >= 0.3 is 10.9 Å². The third-order valence-corrected chi connectivity index (χ3v) is 2.78. The number of benzene rings is 1. The van der Waals surface area contributed by atoms with Gasteiger partial charge in [-0.2, -0.15) is 4.98 Å². The van der Waals surface area contributed by atoms with E-state index in [0.29, 0.717) is 18.0 Å². The van der Waals surface area contributed by atoms with Gasteiger partial charge in [0.15, 0.2) is 12.1 Å². The van der Waals surface area contributed by atoms with Crippen molar-refractivity contribution in [2.24, 2.45) is 0 Å². The fourth-order valence-electron chi connectivity index (χ4n) is 1.76. The van der Waals surface area contributed by atoms with E-state index in [-0.39, 0.29) is 5.28 Å². The molecule has 0 unspecified atom stereocenters. The molecule has 18 heavy (non-hydrogen) atoms. The number of anilines is 1. The van der Waals surface area contributed by atoms with Crippen LogP contribution in [-0.4, -0.2) is 15.0 Å². The Kier molecular flexibility index (Phi) is 2.82. The predicted molar refractivity (Wildman–Crippen MR) is 69.2 cm³/mol. The Labute approximate surface area is 108 Å². The quantitative estimate of drug-likeness (QED) is 0.708. The molecule has 1 aromatic carbocycles. The van der Waals surface area contributed by atoms with Crippen LogP contribution in [0.4, 0.5) is 5.82 Å². The van der Waals surface area contributed by atoms with Crippen molar-refractivity contribution in [3.8, 4) is 0 Å². The van der Waals surface area contributed by atoms with Gasteiger partial charge in [0.25, 0.3) is 0 Å². The minimum absolute atomic E-state index is 0.217. The highest BCUT2D eigenvalue weighted by molar-refractivity contribution is 6.28. The first-order chi connectivity index (χ1) is 8.83. The molecule has 5 nitrogen and oxygen atoms in total. The van der Waals surface area contributed by atoms with Gasteiger partial charge in [0.1, 0.15) is 0 Å². The number of H-pyrrole nitrogens is 2. The van der Waals surface area contributed by atoms with Crippen LogP contribution >= 0.6 is 11.6 Å². The van der Waals surface area contributed by atoms with E-state index in [1.165, 1.54) is 5.56 Å². The van der Waals surface area contributed by atoms with E-state index in [2.05, 4.69) is 25.3 Å². The van der Waals surface area contributed by atoms with Crippen LogP contribution in [0.2, 0.25) is 5.28 Å². The SMILES string of the molecule is Clc1nc(NCc2ccccc2)c2[nH]c[nH+]c2n1. The maximum absolute atomic E-state index is 5.87. The molecular formula is C12H11ClN5+. The zero-order valence-electron chi connectivity index (χ0n) is 9.44. The van der Waals surface area contributed by atoms with Gasteiger partial charge in [-0.3, -0.25) is 4.98 Å². The fraction of sp³-hybridized carbons (Fsp3) is 0.0833. The zero-order valence-corrected chi connectivity index (χ0v) is 10.2. The smallest absolute Gasteiger partial charge is 0.306 e. The van der Waals surface area contributed by atoms with Crippen LogP contribution in [0.5, 0.6) is 0 Å². The molecule has 0 aliphatic heterocycles. The summed E-state index contributed by atoms with van der Waals surface area (Å²) in [6.45, 7) is 0.683. The number of halogens is 1. The molecule has 0 amide bonds. The Morgan fingerprint density at radius 2 is 2.06 bits per heavy atom. The minimum atomic E-state index is 0.217. The first kappa shape index (κ1) is 11.0. The topological polar surface area (TPSA) is 67.7 Å². The summed E-state index contributed by atoms with van der Waals surface area (Å²) in [7, 11) is 0. The van der Waals surface area contributed by atoms with Crippen LogP contribution in [0, 0.1) is 0 Å². The summed E-state index contributed by atoms with van der Waals surface area (Å²) in [5, 5.41) is 3.46. The first-order valence-corrected chi connectivity index (χ1v) is 5.91. The maximum atomic E-state index is 5.87. The minimum Gasteiger partial charge on any atom is -0.363 e. The number of nitrogens with zero attached hydrogens (tertiary/aromatic N) is 2. The van der Waals surface area contributed by atoms with Crippen LogP contribution in [-0.2, 0) is 6.54 Å². The predicted octanol–water partition coefficient (Wildman–Crippen LogP) is 2.04. The van der Waals surface area contributed by atoms with Crippen molar-refractivity contribution >= 4 is 28.6 Å². The van der Waals surface area contributed by atoms with Crippen molar-refractivity contribution in [1.82, 2.24) is 15.0 Å². The standard InChI is InChI=1S/C12H10ClN5/c13-12-17-10(9-11(18-12)16-7-15-9)14-6-8-4-2-1-3-5-8/h1-5,7H,6H2,(H2,14,15,16,17,18)/p+1. The second-order valence-corrected chi connectivity index (χ2v) is 4.18. The number of aromatic amines is 2. The molecule has 3 N–H and O–H groups in total. The fourth-order valence-corrected chi connectivity index (χ4v) is 1.93. The molecule has 3 rings (SSSR count). The first-order valence-electron chi connectivity index (χ1n) is 5.53. The molecule has 3 aromatic rings. The van der Waals surface area contributed by atoms with Gasteiger partial charge in [-0.25, -0.2) is 4.98 Å². The monoisotopic (exact) mass is 260 g/mol. The second-order valence-electron chi connectivity index (χ2n) is 3.84. The summed E-state index contributed by atoms with van der Waals surface area (Å²) in [5.74, 6) is 0.690. The Morgan fingerprint density at radius 1 is 1.22 bits per heavy atom. The van der Waals surface area contributed by atoms with E-state index in [0.717, 1.165) is 5.52 Å². The summed E-state index contributed by atoms with van der Waals surface area (Å²) in [6.07, 6.45) is 1.70. The molecule has 2 aromatic heterocycles. The molecule has 0 aliphatic carbocycles. The number of hydrogen-bond donors (Lipinski definition) is 2. The molecule has 0 saturated carbocycles. The molecule has 0 atom stereocenters. The summed E-state index contributed by atoms with van der Waals surface area (Å²) in [5.41, 5.74) is 2.68. The lowest BCUT2D eigenvalue weighted by molar-refractivity contribution is -0.347. The molecule has 0 radical (unpaired) electrons. The second kappa shape index (κ2) is 4.62. The van der Waals surface area contributed by atoms with Crippen molar-refractivity contribution in [1.29, 1.82) is 0 Å². The third-order valence-electron chi connectivity index (χ3n) is 2.61. The Balaban J connectivity index is 1.88. The number of imidazole rings is 1. The molecule has 0 fully saturated rings. The van der Waals surface area contributed by atoms with Crippen molar-refractivity contribution in [3.05, 3.63) is 47.5 Å². The van der Waals surface area contributed by atoms with Gasteiger partial charge in [-0.05, 0) is 17.2 Å². The van der Waals surface area contributed by atoms with E-state index in [1.54, 1.807) is 6.33 Å². The van der Waals surface area contributed by atoms with Gasteiger partial charge < -0.3 is 5.32 Å². The highest BCUT2D eigenvalue weighted by Gasteiger charge is 2.14. The third kappa shape index (κ3) is 2.12. The van der Waals surface area contributed by atoms with Gasteiger partial charge in [0.2, 0.25) is 5.52 Å². The van der Waals surface area contributed by atoms with E-state index >= 15 is 0 Å². The number of fused-ring (bicyclic) bond motifs is 1. The van der Waals surface area contributed by atoms with E-state index in [1.807, 2.05) is 30.3 Å². The number of nitrogens with one attached hydrogen (secondary N) is 3. The van der Waals surface area contributed by atoms with E-state index in [4.69, 9.17) is 11.6 Å². The molecule has 0 aliphatic rings. The van der Waals surface area contributed by atoms with E-state index < -0.39 is 0 Å². The average Bonchev–Trinajstić information content (AvgIpc) is 2.85. The molecule has 6 heteroatoms. The van der Waals surface area contributed by atoms with Crippen molar-refractivity contribution in [2.45, 2.75) is 6.54 Å². The lowest BCUT2D eigenvalue weighted by Crippen LogP contribution is -2.05. The normalized spacial score (nSPS) is 10.7. The summed E-state index contributed by atoms with van der Waals surface area (Å²) < 4.78 is 0. The van der Waals surface area contributed by atoms with Crippen molar-refractivity contribution in [2.75, 3.05) is 5.32 Å². The van der Waals surface area contributed by atoms with Gasteiger partial charge in [-0.15, -0.1) is 0 Å². The zero-order chi connectivity index (χ0) is 12.4. The molecule has 0 spiro atoms. The Morgan fingerprint density at radius 3 is 2.89 bits per heavy atom. The molecular weight excluding hydrogens is 250 g/mol. The van der Waals surface area contributed by atoms with Crippen LogP contribution < -0.4 is 10.3 Å². The summed E-state index contributed by atoms with van der Waals surface area (Å²) >= 11 is 5.87. The van der Waals surface area contributed by atoms with Crippen LogP contribution in [0.1, 0.15) is 5.56 Å². The summed E-state index contributed by atoms with van der Waals surface area (Å²) in [4.78, 5) is 14.3. The van der Waals surface area contributed by atoms with Gasteiger partial charge in [0, 0.05) is 6.54 Å². The molecule has 2 heterocycles. The highest BCUT2D eigenvalue weighted by Crippen LogP contribution is 2.17. The van der Waals surface area contributed by atoms with E-state index in [9.17, 15) is 0 Å². The van der Waals surface area contributed by atoms with Crippen LogP contribution in [0.25, 0.3) is 11.2 Å². The Bertz CT molecular complexity index is 665. The number of aromatic nitrogens is 4. The molecule has 0 saturated heterocycles. The van der Waals surface area contributed by atoms with Crippen molar-refractivity contribution < 1.29 is 4.98 Å². The van der Waals surface area contributed by atoms with Crippen LogP contribution in [0.15, 0.2) is 36.7 Å². The molecule has 90 valence electrons. The van der Waals surface area contributed by atoms with Crippen LogP contribution in [0.3, 0.4) is 0 Å². The maximum Gasteiger partial charge on any atom is 0.306 e. The number of hydrogen-bond acceptors (Lipinski definition) is 3. The largest absolute Gasteiger partial charge is 0.363 e. The molecule has 0 bridgehead atoms. The van der Waals surface area contributed by atoms with Gasteiger partial charge in [-0.1, -0.05) is 35.3 Å². The van der Waals surface area contributed by atoms with Crippen molar-refractivity contribution in [3.63, 3.8) is 0 Å². The Hall–Kier alpha value is -2.14. The lowest BCUT2D eigenvalue weighted by atomic mass is 10.2. The lowest BCUT2D eigenvalue weighted by Gasteiger charge is -2.04. The number of rotatable bonds is 3. The highest BCUT2D eigenvalue weighted by atomic mass is 35.5. The van der Waals surface area contributed by atoms with Gasteiger partial charge in [0.05, 0.1) is 0 Å². The summed E-state index contributed by atoms with van der Waals surface area (Å²) in [6, 6.07) is 10.1.